The van der Waals surface area contributed by atoms with Crippen LogP contribution >= 0.6 is 0 Å². The molecule has 3 aromatic rings. The number of hydrogen-bond acceptors (Lipinski definition) is 6. The molecule has 214 valence electrons. The molecule has 1 amide bonds. The Hall–Kier alpha value is -3.48. The lowest BCUT2D eigenvalue weighted by molar-refractivity contribution is -0.114. The number of hydrogen-bond donors (Lipinski definition) is 1. The van der Waals surface area contributed by atoms with Crippen LogP contribution in [0.1, 0.15) is 32.6 Å². The molecule has 0 aliphatic carbocycles. The van der Waals surface area contributed by atoms with E-state index >= 15 is 0 Å². The Kier molecular flexibility index (Phi) is 9.44. The van der Waals surface area contributed by atoms with Gasteiger partial charge in [-0.1, -0.05) is 12.8 Å². The molecule has 1 saturated heterocycles. The molecule has 0 bridgehead atoms. The Balaban J connectivity index is 1.53. The zero-order chi connectivity index (χ0) is 28.8. The summed E-state index contributed by atoms with van der Waals surface area (Å²) >= 11 is 0. The average molecular weight is 590 g/mol. The van der Waals surface area contributed by atoms with Crippen molar-refractivity contribution in [3.05, 3.63) is 78.6 Å². The molecular formula is C28H32FN3O6S2. The maximum absolute atomic E-state index is 13.6. The number of amides is 1. The normalized spacial score (nSPS) is 14.8. The van der Waals surface area contributed by atoms with Crippen molar-refractivity contribution in [1.29, 1.82) is 0 Å². The van der Waals surface area contributed by atoms with Crippen LogP contribution in [0, 0.1) is 5.82 Å². The van der Waals surface area contributed by atoms with Crippen molar-refractivity contribution in [2.24, 2.45) is 0 Å². The SMILES string of the molecule is CCOc1ccc(S(=O)(=O)N(CC(=O)Nc2ccc(S(=O)(=O)N3CCCCCC3)cc2)c2ccc(F)cc2)cc1. The molecule has 1 aliphatic heterocycles. The quantitative estimate of drug-likeness (QED) is 0.369. The van der Waals surface area contributed by atoms with E-state index in [1.165, 1.54) is 65.0 Å². The van der Waals surface area contributed by atoms with E-state index in [1.54, 1.807) is 0 Å². The van der Waals surface area contributed by atoms with Crippen molar-refractivity contribution >= 4 is 37.3 Å². The highest BCUT2D eigenvalue weighted by Gasteiger charge is 2.28. The Labute approximate surface area is 234 Å². The molecule has 0 atom stereocenters. The van der Waals surface area contributed by atoms with Gasteiger partial charge in [-0.05, 0) is 92.6 Å². The Bertz CT molecular complexity index is 1500. The minimum Gasteiger partial charge on any atom is -0.494 e. The van der Waals surface area contributed by atoms with Crippen LogP contribution in [0.25, 0.3) is 0 Å². The zero-order valence-corrected chi connectivity index (χ0v) is 23.8. The van der Waals surface area contributed by atoms with Gasteiger partial charge in [0.2, 0.25) is 15.9 Å². The first kappa shape index (κ1) is 29.5. The highest BCUT2D eigenvalue weighted by Crippen LogP contribution is 2.26. The van der Waals surface area contributed by atoms with Gasteiger partial charge in [-0.2, -0.15) is 4.31 Å². The molecule has 12 heteroatoms. The standard InChI is InChI=1S/C28H32FN3O6S2/c1-2-38-25-13-17-27(18-14-25)40(36,37)32(24-11-7-22(29)8-12-24)21-28(33)30-23-9-15-26(16-10-23)39(34,35)31-19-5-3-4-6-20-31/h7-18H,2-6,19-21H2,1H3,(H,30,33). The monoisotopic (exact) mass is 589 g/mol. The molecule has 0 aromatic heterocycles. The first-order valence-corrected chi connectivity index (χ1v) is 15.9. The molecule has 1 fully saturated rings. The lowest BCUT2D eigenvalue weighted by Gasteiger charge is -2.24. The van der Waals surface area contributed by atoms with Gasteiger partial charge < -0.3 is 10.1 Å². The lowest BCUT2D eigenvalue weighted by Crippen LogP contribution is -2.38. The summed E-state index contributed by atoms with van der Waals surface area (Å²) in [7, 11) is -7.87. The summed E-state index contributed by atoms with van der Waals surface area (Å²) in [5, 5.41) is 2.62. The van der Waals surface area contributed by atoms with Crippen molar-refractivity contribution in [2.45, 2.75) is 42.4 Å². The second-order valence-corrected chi connectivity index (χ2v) is 13.1. The van der Waals surface area contributed by atoms with Gasteiger partial charge in [-0.3, -0.25) is 9.10 Å². The third kappa shape index (κ3) is 6.98. The summed E-state index contributed by atoms with van der Waals surface area (Å²) in [6.07, 6.45) is 3.63. The molecule has 0 saturated carbocycles. The van der Waals surface area contributed by atoms with Gasteiger partial charge in [0, 0.05) is 18.8 Å². The zero-order valence-electron chi connectivity index (χ0n) is 22.1. The largest absolute Gasteiger partial charge is 0.494 e. The summed E-state index contributed by atoms with van der Waals surface area (Å²) < 4.78 is 74.5. The molecule has 0 radical (unpaired) electrons. The summed E-state index contributed by atoms with van der Waals surface area (Å²) in [4.78, 5) is 13.1. The maximum atomic E-state index is 13.6. The Morgan fingerprint density at radius 1 is 0.850 bits per heavy atom. The smallest absolute Gasteiger partial charge is 0.264 e. The number of benzene rings is 3. The third-order valence-corrected chi connectivity index (χ3v) is 10.2. The van der Waals surface area contributed by atoms with E-state index < -0.39 is 38.3 Å². The van der Waals surface area contributed by atoms with E-state index in [1.807, 2.05) is 6.92 Å². The van der Waals surface area contributed by atoms with Gasteiger partial charge in [-0.15, -0.1) is 0 Å². The second kappa shape index (κ2) is 12.8. The molecular weight excluding hydrogens is 557 g/mol. The predicted molar refractivity (Wildman–Crippen MR) is 151 cm³/mol. The highest BCUT2D eigenvalue weighted by molar-refractivity contribution is 7.92. The summed E-state index contributed by atoms with van der Waals surface area (Å²) in [5.41, 5.74) is 0.404. The number of rotatable bonds is 10. The molecule has 1 aliphatic rings. The van der Waals surface area contributed by atoms with Gasteiger partial charge >= 0.3 is 0 Å². The summed E-state index contributed by atoms with van der Waals surface area (Å²) in [6.45, 7) is 2.57. The molecule has 9 nitrogen and oxygen atoms in total. The van der Waals surface area contributed by atoms with Crippen LogP contribution in [0.3, 0.4) is 0 Å². The van der Waals surface area contributed by atoms with Crippen LogP contribution in [-0.4, -0.2) is 53.3 Å². The van der Waals surface area contributed by atoms with Crippen LogP contribution in [0.4, 0.5) is 15.8 Å². The number of halogens is 1. The molecule has 3 aromatic carbocycles. The van der Waals surface area contributed by atoms with Crippen molar-refractivity contribution in [3.8, 4) is 5.75 Å². The number of nitrogens with zero attached hydrogens (tertiary/aromatic N) is 2. The predicted octanol–water partition coefficient (Wildman–Crippen LogP) is 4.62. The van der Waals surface area contributed by atoms with Crippen molar-refractivity contribution in [2.75, 3.05) is 35.9 Å². The Morgan fingerprint density at radius 2 is 1.43 bits per heavy atom. The van der Waals surface area contributed by atoms with Gasteiger partial charge in [-0.25, -0.2) is 21.2 Å². The van der Waals surface area contributed by atoms with E-state index in [2.05, 4.69) is 5.32 Å². The van der Waals surface area contributed by atoms with E-state index in [0.29, 0.717) is 31.1 Å². The van der Waals surface area contributed by atoms with Gasteiger partial charge in [0.05, 0.1) is 22.1 Å². The van der Waals surface area contributed by atoms with E-state index in [9.17, 15) is 26.0 Å². The number of carbonyl (C=O) groups is 1. The van der Waals surface area contributed by atoms with Crippen LogP contribution in [0.5, 0.6) is 5.75 Å². The van der Waals surface area contributed by atoms with Gasteiger partial charge in [0.1, 0.15) is 18.1 Å². The number of sulfonamides is 2. The lowest BCUT2D eigenvalue weighted by atomic mass is 10.2. The minimum absolute atomic E-state index is 0.0730. The fraction of sp³-hybridized carbons (Fsp3) is 0.321. The van der Waals surface area contributed by atoms with Crippen molar-refractivity contribution < 1.29 is 30.8 Å². The molecule has 40 heavy (non-hydrogen) atoms. The molecule has 4 rings (SSSR count). The summed E-state index contributed by atoms with van der Waals surface area (Å²) in [5.74, 6) is -0.724. The maximum Gasteiger partial charge on any atom is 0.264 e. The number of carbonyl (C=O) groups excluding carboxylic acids is 1. The molecule has 1 heterocycles. The van der Waals surface area contributed by atoms with Crippen molar-refractivity contribution in [1.82, 2.24) is 4.31 Å². The molecule has 0 spiro atoms. The first-order chi connectivity index (χ1) is 19.1. The molecule has 1 N–H and O–H groups in total. The fourth-order valence-electron chi connectivity index (χ4n) is 4.40. The Morgan fingerprint density at radius 3 is 2.00 bits per heavy atom. The number of ether oxygens (including phenoxy) is 1. The van der Waals surface area contributed by atoms with Crippen LogP contribution in [-0.2, 0) is 24.8 Å². The van der Waals surface area contributed by atoms with Gasteiger partial charge in [0.15, 0.2) is 0 Å². The topological polar surface area (TPSA) is 113 Å². The first-order valence-electron chi connectivity index (χ1n) is 13.0. The van der Waals surface area contributed by atoms with E-state index in [-0.39, 0.29) is 15.5 Å². The van der Waals surface area contributed by atoms with E-state index in [4.69, 9.17) is 4.74 Å². The molecule has 0 unspecified atom stereocenters. The minimum atomic E-state index is -4.22. The van der Waals surface area contributed by atoms with Crippen LogP contribution in [0.2, 0.25) is 0 Å². The van der Waals surface area contributed by atoms with Crippen LogP contribution < -0.4 is 14.4 Å². The van der Waals surface area contributed by atoms with Crippen LogP contribution in [0.15, 0.2) is 82.6 Å². The average Bonchev–Trinajstić information content (AvgIpc) is 3.24. The third-order valence-electron chi connectivity index (χ3n) is 6.47. The van der Waals surface area contributed by atoms with Gasteiger partial charge in [0.25, 0.3) is 10.0 Å². The number of nitrogens with one attached hydrogen (secondary N) is 1. The second-order valence-electron chi connectivity index (χ2n) is 9.28. The van der Waals surface area contributed by atoms with Crippen molar-refractivity contribution in [3.63, 3.8) is 0 Å². The highest BCUT2D eigenvalue weighted by atomic mass is 32.2. The summed E-state index contributed by atoms with van der Waals surface area (Å²) in [6, 6.07) is 16.3. The fourth-order valence-corrected chi connectivity index (χ4v) is 7.33. The van der Waals surface area contributed by atoms with E-state index in [0.717, 1.165) is 42.1 Å². The number of anilines is 2.